The molecule has 0 bridgehead atoms. The van der Waals surface area contributed by atoms with Gasteiger partial charge in [-0.25, -0.2) is 4.68 Å². The van der Waals surface area contributed by atoms with Crippen LogP contribution in [0.2, 0.25) is 0 Å². The molecule has 1 atom stereocenters. The van der Waals surface area contributed by atoms with Crippen LogP contribution >= 0.6 is 0 Å². The van der Waals surface area contributed by atoms with Crippen LogP contribution < -0.4 is 0 Å². The van der Waals surface area contributed by atoms with E-state index in [2.05, 4.69) is 10.3 Å². The summed E-state index contributed by atoms with van der Waals surface area (Å²) in [6.07, 6.45) is 1.55. The van der Waals surface area contributed by atoms with Gasteiger partial charge >= 0.3 is 0 Å². The van der Waals surface area contributed by atoms with Gasteiger partial charge in [0.05, 0.1) is 38.2 Å². The maximum Gasteiger partial charge on any atom is 0.0969 e. The molecule has 1 heterocycles. The summed E-state index contributed by atoms with van der Waals surface area (Å²) in [7, 11) is 1.60. The summed E-state index contributed by atoms with van der Waals surface area (Å²) in [5.41, 5.74) is 0.708. The molecule has 7 nitrogen and oxygen atoms in total. The SMILES string of the molecule is COCCOCC(O)Cn1cc(CCO)nn1. The largest absolute Gasteiger partial charge is 0.396 e. The summed E-state index contributed by atoms with van der Waals surface area (Å²) in [6, 6.07) is 0. The van der Waals surface area contributed by atoms with Crippen molar-refractivity contribution < 1.29 is 19.7 Å². The minimum atomic E-state index is -0.629. The Labute approximate surface area is 100.0 Å². The Morgan fingerprint density at radius 1 is 1.47 bits per heavy atom. The van der Waals surface area contributed by atoms with Gasteiger partial charge in [0.2, 0.25) is 0 Å². The standard InChI is InChI=1S/C10H19N3O4/c1-16-4-5-17-8-10(15)7-13-6-9(2-3-14)11-12-13/h6,10,14-15H,2-5,7-8H2,1H3. The van der Waals surface area contributed by atoms with Crippen LogP contribution in [-0.4, -0.2) is 64.8 Å². The zero-order valence-corrected chi connectivity index (χ0v) is 9.95. The van der Waals surface area contributed by atoms with E-state index in [0.29, 0.717) is 31.9 Å². The lowest BCUT2D eigenvalue weighted by Crippen LogP contribution is -2.23. The number of aliphatic hydroxyl groups is 2. The number of aromatic nitrogens is 3. The third kappa shape index (κ3) is 5.73. The summed E-state index contributed by atoms with van der Waals surface area (Å²) in [4.78, 5) is 0. The summed E-state index contributed by atoms with van der Waals surface area (Å²) in [6.45, 7) is 1.57. The third-order valence-electron chi connectivity index (χ3n) is 2.09. The Morgan fingerprint density at radius 2 is 2.29 bits per heavy atom. The Balaban J connectivity index is 2.22. The van der Waals surface area contributed by atoms with E-state index in [9.17, 15) is 5.11 Å². The lowest BCUT2D eigenvalue weighted by Gasteiger charge is -2.10. The van der Waals surface area contributed by atoms with Gasteiger partial charge < -0.3 is 19.7 Å². The molecule has 0 aliphatic heterocycles. The van der Waals surface area contributed by atoms with E-state index in [1.807, 2.05) is 0 Å². The van der Waals surface area contributed by atoms with Crippen molar-refractivity contribution in [3.63, 3.8) is 0 Å². The van der Waals surface area contributed by atoms with Crippen LogP contribution in [0.3, 0.4) is 0 Å². The first-order valence-corrected chi connectivity index (χ1v) is 5.51. The molecule has 0 amide bonds. The highest BCUT2D eigenvalue weighted by atomic mass is 16.5. The lowest BCUT2D eigenvalue weighted by atomic mass is 10.3. The summed E-state index contributed by atoms with van der Waals surface area (Å²) in [5.74, 6) is 0. The predicted octanol–water partition coefficient (Wildman–Crippen LogP) is -1.16. The van der Waals surface area contributed by atoms with E-state index in [1.54, 1.807) is 13.3 Å². The number of aliphatic hydroxyl groups excluding tert-OH is 2. The lowest BCUT2D eigenvalue weighted by molar-refractivity contribution is 0.00579. The van der Waals surface area contributed by atoms with Crippen molar-refractivity contribution in [2.45, 2.75) is 19.1 Å². The van der Waals surface area contributed by atoms with Gasteiger partial charge in [0, 0.05) is 26.3 Å². The average Bonchev–Trinajstić information content (AvgIpc) is 2.73. The fourth-order valence-corrected chi connectivity index (χ4v) is 1.29. The Hall–Kier alpha value is -1.02. The molecule has 17 heavy (non-hydrogen) atoms. The number of rotatable bonds is 9. The smallest absolute Gasteiger partial charge is 0.0969 e. The molecule has 1 unspecified atom stereocenters. The minimum absolute atomic E-state index is 0.0430. The monoisotopic (exact) mass is 245 g/mol. The summed E-state index contributed by atoms with van der Waals surface area (Å²) in [5, 5.41) is 26.0. The van der Waals surface area contributed by atoms with E-state index in [-0.39, 0.29) is 13.2 Å². The van der Waals surface area contributed by atoms with E-state index >= 15 is 0 Å². The molecule has 0 saturated carbocycles. The fraction of sp³-hybridized carbons (Fsp3) is 0.800. The fourth-order valence-electron chi connectivity index (χ4n) is 1.29. The maximum absolute atomic E-state index is 9.64. The normalized spacial score (nSPS) is 12.9. The predicted molar refractivity (Wildman–Crippen MR) is 59.5 cm³/mol. The molecule has 0 aliphatic rings. The molecule has 0 aliphatic carbocycles. The molecule has 0 spiro atoms. The van der Waals surface area contributed by atoms with Crippen LogP contribution in [0.5, 0.6) is 0 Å². The zero-order valence-electron chi connectivity index (χ0n) is 9.95. The molecule has 0 saturated heterocycles. The van der Waals surface area contributed by atoms with Crippen molar-refractivity contribution in [1.29, 1.82) is 0 Å². The third-order valence-corrected chi connectivity index (χ3v) is 2.09. The van der Waals surface area contributed by atoms with Crippen LogP contribution in [0.4, 0.5) is 0 Å². The van der Waals surface area contributed by atoms with Gasteiger partial charge in [-0.1, -0.05) is 5.21 Å². The zero-order chi connectivity index (χ0) is 12.5. The van der Waals surface area contributed by atoms with Crippen LogP contribution in [0, 0.1) is 0 Å². The van der Waals surface area contributed by atoms with Crippen molar-refractivity contribution in [3.05, 3.63) is 11.9 Å². The highest BCUT2D eigenvalue weighted by Crippen LogP contribution is 1.96. The number of hydrogen-bond donors (Lipinski definition) is 2. The highest BCUT2D eigenvalue weighted by Gasteiger charge is 2.07. The van der Waals surface area contributed by atoms with Gasteiger partial charge in [-0.05, 0) is 0 Å². The van der Waals surface area contributed by atoms with E-state index in [4.69, 9.17) is 14.6 Å². The summed E-state index contributed by atoms with van der Waals surface area (Å²) < 4.78 is 11.5. The van der Waals surface area contributed by atoms with E-state index < -0.39 is 6.10 Å². The highest BCUT2D eigenvalue weighted by molar-refractivity contribution is 4.92. The molecule has 1 rings (SSSR count). The van der Waals surface area contributed by atoms with Crippen LogP contribution in [-0.2, 0) is 22.4 Å². The second-order valence-electron chi connectivity index (χ2n) is 3.63. The molecular weight excluding hydrogens is 226 g/mol. The molecule has 2 N–H and O–H groups in total. The average molecular weight is 245 g/mol. The molecule has 7 heteroatoms. The van der Waals surface area contributed by atoms with Gasteiger partial charge in [0.15, 0.2) is 0 Å². The van der Waals surface area contributed by atoms with Crippen molar-refractivity contribution in [3.8, 4) is 0 Å². The minimum Gasteiger partial charge on any atom is -0.396 e. The first kappa shape index (κ1) is 14.0. The Kier molecular flexibility index (Phi) is 6.71. The first-order chi connectivity index (χ1) is 8.26. The van der Waals surface area contributed by atoms with Crippen LogP contribution in [0.25, 0.3) is 0 Å². The molecule has 98 valence electrons. The first-order valence-electron chi connectivity index (χ1n) is 5.51. The Morgan fingerprint density at radius 3 is 3.00 bits per heavy atom. The number of nitrogens with zero attached hydrogens (tertiary/aromatic N) is 3. The Bertz CT molecular complexity index is 305. The number of hydrogen-bond acceptors (Lipinski definition) is 6. The molecule has 1 aromatic heterocycles. The molecular formula is C10H19N3O4. The van der Waals surface area contributed by atoms with Gasteiger partial charge in [-0.2, -0.15) is 0 Å². The molecule has 0 aromatic carbocycles. The quantitative estimate of drug-likeness (QED) is 0.533. The number of ether oxygens (including phenoxy) is 2. The van der Waals surface area contributed by atoms with Crippen LogP contribution in [0.1, 0.15) is 5.69 Å². The van der Waals surface area contributed by atoms with Gasteiger partial charge in [-0.3, -0.25) is 0 Å². The van der Waals surface area contributed by atoms with Gasteiger partial charge in [0.1, 0.15) is 0 Å². The maximum atomic E-state index is 9.64. The van der Waals surface area contributed by atoms with E-state index in [0.717, 1.165) is 0 Å². The van der Waals surface area contributed by atoms with Crippen LogP contribution in [0.15, 0.2) is 6.20 Å². The molecule has 0 radical (unpaired) electrons. The van der Waals surface area contributed by atoms with Crippen molar-refractivity contribution >= 4 is 0 Å². The topological polar surface area (TPSA) is 89.6 Å². The van der Waals surface area contributed by atoms with Gasteiger partial charge in [0.25, 0.3) is 0 Å². The second-order valence-corrected chi connectivity index (χ2v) is 3.63. The van der Waals surface area contributed by atoms with Crippen molar-refractivity contribution in [1.82, 2.24) is 15.0 Å². The van der Waals surface area contributed by atoms with Crippen molar-refractivity contribution in [2.75, 3.05) is 33.5 Å². The second kappa shape index (κ2) is 8.13. The summed E-state index contributed by atoms with van der Waals surface area (Å²) >= 11 is 0. The van der Waals surface area contributed by atoms with Crippen molar-refractivity contribution in [2.24, 2.45) is 0 Å². The van der Waals surface area contributed by atoms with E-state index in [1.165, 1.54) is 4.68 Å². The molecule has 0 fully saturated rings. The van der Waals surface area contributed by atoms with Gasteiger partial charge in [-0.15, -0.1) is 5.10 Å². The molecule has 1 aromatic rings. The number of methoxy groups -OCH3 is 1.